The topological polar surface area (TPSA) is 22.1 Å². The molecule has 0 saturated carbocycles. The number of aromatic nitrogens is 1. The number of ether oxygens (including phenoxy) is 1. The minimum atomic E-state index is -0.660. The Morgan fingerprint density at radius 3 is 2.42 bits per heavy atom. The minimum Gasteiger partial charge on any atom is -0.483 e. The van der Waals surface area contributed by atoms with E-state index in [-0.39, 0.29) is 17.1 Å². The van der Waals surface area contributed by atoms with Gasteiger partial charge < -0.3 is 4.74 Å². The van der Waals surface area contributed by atoms with Crippen molar-refractivity contribution in [1.29, 1.82) is 0 Å². The molecule has 1 aromatic carbocycles. The van der Waals surface area contributed by atoms with Crippen molar-refractivity contribution in [3.63, 3.8) is 0 Å². The molecule has 5 heteroatoms. The van der Waals surface area contributed by atoms with Crippen LogP contribution in [0.3, 0.4) is 0 Å². The molecule has 0 aliphatic heterocycles. The Morgan fingerprint density at radius 1 is 1.17 bits per heavy atom. The lowest BCUT2D eigenvalue weighted by molar-refractivity contribution is 0.270. The maximum Gasteiger partial charge on any atom is 0.191 e. The third-order valence-corrected chi connectivity index (χ3v) is 4.39. The lowest BCUT2D eigenvalue weighted by Gasteiger charge is -2.19. The molecule has 130 valence electrons. The highest BCUT2D eigenvalue weighted by Gasteiger charge is 2.17. The zero-order valence-electron chi connectivity index (χ0n) is 14.5. The normalized spacial score (nSPS) is 11.6. The fourth-order valence-corrected chi connectivity index (χ4v) is 3.20. The van der Waals surface area contributed by atoms with Gasteiger partial charge in [0, 0.05) is 16.5 Å². The molecule has 0 atom stereocenters. The van der Waals surface area contributed by atoms with Crippen molar-refractivity contribution >= 4 is 11.8 Å². The van der Waals surface area contributed by atoms with Crippen LogP contribution in [-0.2, 0) is 13.0 Å². The van der Waals surface area contributed by atoms with Crippen LogP contribution in [-0.4, -0.2) is 9.73 Å². The quantitative estimate of drug-likeness (QED) is 0.616. The first-order valence-electron chi connectivity index (χ1n) is 8.04. The Bertz CT molecular complexity index is 675. The van der Waals surface area contributed by atoms with Crippen LogP contribution in [0.5, 0.6) is 5.75 Å². The summed E-state index contributed by atoms with van der Waals surface area (Å²) in [6, 6.07) is 6.34. The van der Waals surface area contributed by atoms with Gasteiger partial charge in [-0.25, -0.2) is 13.8 Å². The summed E-state index contributed by atoms with van der Waals surface area (Å²) in [6.07, 6.45) is 3.18. The molecule has 0 saturated heterocycles. The number of rotatable bonds is 6. The van der Waals surface area contributed by atoms with E-state index >= 15 is 0 Å². The Labute approximate surface area is 146 Å². The van der Waals surface area contributed by atoms with Crippen molar-refractivity contribution in [2.75, 3.05) is 0 Å². The average molecular weight is 351 g/mol. The second-order valence-electron chi connectivity index (χ2n) is 6.61. The number of aryl methyl sites for hydroxylation is 1. The van der Waals surface area contributed by atoms with Gasteiger partial charge in [-0.05, 0) is 30.2 Å². The van der Waals surface area contributed by atoms with E-state index in [1.165, 1.54) is 12.1 Å². The third-order valence-electron chi connectivity index (χ3n) is 3.22. The third kappa shape index (κ3) is 5.20. The highest BCUT2D eigenvalue weighted by molar-refractivity contribution is 8.00. The van der Waals surface area contributed by atoms with Crippen molar-refractivity contribution in [2.24, 2.45) is 0 Å². The maximum atomic E-state index is 14.1. The average Bonchev–Trinajstić information content (AvgIpc) is 2.47. The van der Waals surface area contributed by atoms with Gasteiger partial charge in [-0.3, -0.25) is 0 Å². The van der Waals surface area contributed by atoms with Crippen LogP contribution in [0.25, 0.3) is 0 Å². The molecule has 2 rings (SSSR count). The zero-order valence-corrected chi connectivity index (χ0v) is 15.3. The summed E-state index contributed by atoms with van der Waals surface area (Å²) in [6.45, 7) is 8.30. The van der Waals surface area contributed by atoms with Gasteiger partial charge in [0.25, 0.3) is 0 Å². The molecular weight excluding hydrogens is 328 g/mol. The first kappa shape index (κ1) is 18.7. The Balaban J connectivity index is 2.17. The van der Waals surface area contributed by atoms with Crippen molar-refractivity contribution in [1.82, 2.24) is 4.98 Å². The van der Waals surface area contributed by atoms with Crippen molar-refractivity contribution in [3.8, 4) is 5.75 Å². The second kappa shape index (κ2) is 7.97. The van der Waals surface area contributed by atoms with E-state index in [1.807, 2.05) is 13.0 Å². The standard InChI is InChI=1S/C19H23F2NOS/c1-5-7-13-10-15(20)17(16(21)11-13)23-12-14-8-6-9-22-18(14)24-19(2,3)4/h6,8-11H,5,7,12H2,1-4H3. The molecular formula is C19H23F2NOS. The monoisotopic (exact) mass is 351 g/mol. The molecule has 0 aliphatic rings. The molecule has 0 N–H and O–H groups in total. The van der Waals surface area contributed by atoms with Crippen LogP contribution in [0.2, 0.25) is 0 Å². The van der Waals surface area contributed by atoms with Crippen LogP contribution >= 0.6 is 11.8 Å². The number of hydrogen-bond acceptors (Lipinski definition) is 3. The van der Waals surface area contributed by atoms with Crippen LogP contribution in [0.1, 0.15) is 45.2 Å². The van der Waals surface area contributed by atoms with E-state index in [2.05, 4.69) is 25.8 Å². The Morgan fingerprint density at radius 2 is 1.83 bits per heavy atom. The number of nitrogens with zero attached hydrogens (tertiary/aromatic N) is 1. The molecule has 0 unspecified atom stereocenters. The summed E-state index contributed by atoms with van der Waals surface area (Å²) in [4.78, 5) is 4.36. The lowest BCUT2D eigenvalue weighted by Crippen LogP contribution is -2.10. The predicted octanol–water partition coefficient (Wildman–Crippen LogP) is 5.78. The van der Waals surface area contributed by atoms with E-state index in [0.717, 1.165) is 17.0 Å². The number of thioether (sulfide) groups is 1. The van der Waals surface area contributed by atoms with E-state index in [4.69, 9.17) is 4.74 Å². The molecule has 0 fully saturated rings. The zero-order chi connectivity index (χ0) is 17.7. The molecule has 24 heavy (non-hydrogen) atoms. The molecule has 0 spiro atoms. The van der Waals surface area contributed by atoms with Crippen LogP contribution in [0.15, 0.2) is 35.5 Å². The first-order valence-corrected chi connectivity index (χ1v) is 8.85. The summed E-state index contributed by atoms with van der Waals surface area (Å²) in [5.41, 5.74) is 1.46. The summed E-state index contributed by atoms with van der Waals surface area (Å²) < 4.78 is 33.7. The predicted molar refractivity (Wildman–Crippen MR) is 94.5 cm³/mol. The summed E-state index contributed by atoms with van der Waals surface area (Å²) in [7, 11) is 0. The van der Waals surface area contributed by atoms with Crippen molar-refractivity contribution in [2.45, 2.75) is 56.9 Å². The highest BCUT2D eigenvalue weighted by Crippen LogP contribution is 2.33. The van der Waals surface area contributed by atoms with Gasteiger partial charge in [-0.2, -0.15) is 0 Å². The van der Waals surface area contributed by atoms with E-state index in [1.54, 1.807) is 24.0 Å². The smallest absolute Gasteiger partial charge is 0.191 e. The number of halogens is 2. The van der Waals surface area contributed by atoms with E-state index in [0.29, 0.717) is 12.0 Å². The maximum absolute atomic E-state index is 14.1. The molecule has 0 bridgehead atoms. The minimum absolute atomic E-state index is 0.0125. The van der Waals surface area contributed by atoms with Gasteiger partial charge in [-0.1, -0.05) is 40.2 Å². The number of hydrogen-bond donors (Lipinski definition) is 0. The summed E-state index contributed by atoms with van der Waals surface area (Å²) in [5, 5.41) is 0.813. The van der Waals surface area contributed by atoms with Crippen LogP contribution in [0.4, 0.5) is 8.78 Å². The molecule has 1 heterocycles. The second-order valence-corrected chi connectivity index (χ2v) is 8.42. The SMILES string of the molecule is CCCc1cc(F)c(OCc2cccnc2SC(C)(C)C)c(F)c1. The van der Waals surface area contributed by atoms with E-state index < -0.39 is 11.6 Å². The van der Waals surface area contributed by atoms with Gasteiger partial charge in [0.05, 0.1) is 0 Å². The largest absolute Gasteiger partial charge is 0.483 e. The lowest BCUT2D eigenvalue weighted by atomic mass is 10.1. The summed E-state index contributed by atoms with van der Waals surface area (Å²) in [5.74, 6) is -1.65. The first-order chi connectivity index (χ1) is 11.3. The molecule has 0 amide bonds. The van der Waals surface area contributed by atoms with Crippen molar-refractivity contribution in [3.05, 3.63) is 53.2 Å². The fraction of sp³-hybridized carbons (Fsp3) is 0.421. The number of benzene rings is 1. The van der Waals surface area contributed by atoms with Gasteiger partial charge >= 0.3 is 0 Å². The van der Waals surface area contributed by atoms with E-state index in [9.17, 15) is 8.78 Å². The van der Waals surface area contributed by atoms with Gasteiger partial charge in [0.15, 0.2) is 17.4 Å². The highest BCUT2D eigenvalue weighted by atomic mass is 32.2. The molecule has 0 aliphatic carbocycles. The summed E-state index contributed by atoms with van der Waals surface area (Å²) >= 11 is 1.60. The molecule has 2 nitrogen and oxygen atoms in total. The van der Waals surface area contributed by atoms with Crippen LogP contribution in [0, 0.1) is 11.6 Å². The molecule has 0 radical (unpaired) electrons. The number of pyridine rings is 1. The van der Waals surface area contributed by atoms with Crippen molar-refractivity contribution < 1.29 is 13.5 Å². The van der Waals surface area contributed by atoms with Crippen LogP contribution < -0.4 is 4.74 Å². The molecule has 2 aromatic rings. The Kier molecular flexibility index (Phi) is 6.21. The fourth-order valence-electron chi connectivity index (χ4n) is 2.25. The van der Waals surface area contributed by atoms with Gasteiger partial charge in [-0.15, -0.1) is 11.8 Å². The Hall–Kier alpha value is -1.62. The van der Waals surface area contributed by atoms with Gasteiger partial charge in [0.2, 0.25) is 0 Å². The molecule has 1 aromatic heterocycles. The van der Waals surface area contributed by atoms with Gasteiger partial charge in [0.1, 0.15) is 11.6 Å².